The van der Waals surface area contributed by atoms with E-state index in [0.717, 1.165) is 28.8 Å². The van der Waals surface area contributed by atoms with Gasteiger partial charge in [-0.15, -0.1) is 0 Å². The summed E-state index contributed by atoms with van der Waals surface area (Å²) in [6, 6.07) is 6.96. The molecule has 20 heavy (non-hydrogen) atoms. The molecule has 0 amide bonds. The van der Waals surface area contributed by atoms with Crippen molar-refractivity contribution in [3.63, 3.8) is 0 Å². The van der Waals surface area contributed by atoms with Crippen molar-refractivity contribution in [2.75, 3.05) is 6.54 Å². The van der Waals surface area contributed by atoms with E-state index in [1.807, 2.05) is 19.1 Å². The van der Waals surface area contributed by atoms with Gasteiger partial charge in [0.1, 0.15) is 11.6 Å². The van der Waals surface area contributed by atoms with E-state index in [4.69, 9.17) is 4.42 Å². The average molecular weight is 340 g/mol. The fourth-order valence-corrected chi connectivity index (χ4v) is 2.65. The summed E-state index contributed by atoms with van der Waals surface area (Å²) >= 11 is 3.39. The lowest BCUT2D eigenvalue weighted by Gasteiger charge is -2.18. The summed E-state index contributed by atoms with van der Waals surface area (Å²) in [5, 5.41) is 3.43. The number of hydrogen-bond acceptors (Lipinski definition) is 2. The second kappa shape index (κ2) is 7.04. The molecule has 0 saturated carbocycles. The van der Waals surface area contributed by atoms with Crippen LogP contribution in [0.4, 0.5) is 4.39 Å². The van der Waals surface area contributed by atoms with Gasteiger partial charge in [-0.2, -0.15) is 0 Å². The van der Waals surface area contributed by atoms with Crippen LogP contribution in [0.1, 0.15) is 36.3 Å². The molecule has 1 unspecified atom stereocenters. The Balaban J connectivity index is 2.23. The molecule has 0 saturated heterocycles. The van der Waals surface area contributed by atoms with Crippen LogP contribution in [0.15, 0.2) is 39.4 Å². The van der Waals surface area contributed by atoms with Crippen LogP contribution < -0.4 is 5.32 Å². The van der Waals surface area contributed by atoms with Crippen LogP contribution in [0.3, 0.4) is 0 Å². The van der Waals surface area contributed by atoms with Gasteiger partial charge in [0.05, 0.1) is 12.3 Å². The Hall–Kier alpha value is -1.13. The van der Waals surface area contributed by atoms with Crippen molar-refractivity contribution < 1.29 is 8.81 Å². The zero-order valence-electron chi connectivity index (χ0n) is 11.7. The Labute approximate surface area is 127 Å². The van der Waals surface area contributed by atoms with E-state index in [0.29, 0.717) is 12.0 Å². The maximum Gasteiger partial charge on any atom is 0.126 e. The zero-order chi connectivity index (χ0) is 14.5. The van der Waals surface area contributed by atoms with Crippen LogP contribution in [0.5, 0.6) is 0 Å². The highest BCUT2D eigenvalue weighted by Crippen LogP contribution is 2.25. The van der Waals surface area contributed by atoms with E-state index in [1.54, 1.807) is 12.3 Å². The van der Waals surface area contributed by atoms with Gasteiger partial charge in [-0.25, -0.2) is 4.39 Å². The third kappa shape index (κ3) is 3.70. The molecule has 4 heteroatoms. The first-order valence-corrected chi connectivity index (χ1v) is 7.62. The molecular weight excluding hydrogens is 321 g/mol. The maximum absolute atomic E-state index is 13.9. The molecule has 0 fully saturated rings. The Kier molecular flexibility index (Phi) is 5.38. The predicted octanol–water partition coefficient (Wildman–Crippen LogP) is 4.77. The Morgan fingerprint density at radius 3 is 2.80 bits per heavy atom. The van der Waals surface area contributed by atoms with Gasteiger partial charge in [-0.1, -0.05) is 22.9 Å². The number of benzene rings is 1. The third-order valence-corrected chi connectivity index (χ3v) is 3.78. The number of nitrogens with one attached hydrogen (secondary N) is 1. The number of halogens is 2. The minimum atomic E-state index is -0.180. The molecule has 0 radical (unpaired) electrons. The van der Waals surface area contributed by atoms with E-state index < -0.39 is 0 Å². The Bertz CT molecular complexity index is 567. The van der Waals surface area contributed by atoms with Crippen molar-refractivity contribution in [3.8, 4) is 0 Å². The molecular formula is C16H19BrFNO. The first-order chi connectivity index (χ1) is 9.61. The Morgan fingerprint density at radius 2 is 2.15 bits per heavy atom. The number of hydrogen-bond donors (Lipinski definition) is 1. The first-order valence-electron chi connectivity index (χ1n) is 6.83. The molecule has 1 aromatic heterocycles. The third-order valence-electron chi connectivity index (χ3n) is 3.29. The van der Waals surface area contributed by atoms with E-state index in [-0.39, 0.29) is 11.9 Å². The molecule has 0 spiro atoms. The summed E-state index contributed by atoms with van der Waals surface area (Å²) in [6.07, 6.45) is 3.28. The fraction of sp³-hybridized carbons (Fsp3) is 0.375. The van der Waals surface area contributed by atoms with E-state index in [2.05, 4.69) is 28.2 Å². The molecule has 2 nitrogen and oxygen atoms in total. The van der Waals surface area contributed by atoms with Crippen molar-refractivity contribution in [2.45, 2.75) is 32.7 Å². The van der Waals surface area contributed by atoms with Gasteiger partial charge in [0.15, 0.2) is 0 Å². The molecule has 2 rings (SSSR count). The number of aryl methyl sites for hydroxylation is 1. The minimum absolute atomic E-state index is 0.00579. The Morgan fingerprint density at radius 1 is 1.35 bits per heavy atom. The van der Waals surface area contributed by atoms with Crippen LogP contribution in [0, 0.1) is 12.7 Å². The molecule has 1 atom stereocenters. The van der Waals surface area contributed by atoms with Crippen LogP contribution in [0.2, 0.25) is 0 Å². The van der Waals surface area contributed by atoms with Gasteiger partial charge in [0, 0.05) is 4.47 Å². The van der Waals surface area contributed by atoms with Crippen molar-refractivity contribution in [1.29, 1.82) is 0 Å². The highest BCUT2D eigenvalue weighted by molar-refractivity contribution is 9.10. The fourth-order valence-electron chi connectivity index (χ4n) is 2.24. The highest BCUT2D eigenvalue weighted by atomic mass is 79.9. The SMILES string of the molecule is CCCNC(Cc1cc(Br)ccc1F)c1occc1C. The van der Waals surface area contributed by atoms with Crippen molar-refractivity contribution in [3.05, 3.63) is 57.7 Å². The summed E-state index contributed by atoms with van der Waals surface area (Å²) in [6.45, 7) is 5.00. The maximum atomic E-state index is 13.9. The second-order valence-corrected chi connectivity index (χ2v) is 5.83. The lowest BCUT2D eigenvalue weighted by Crippen LogP contribution is -2.24. The molecule has 0 aliphatic carbocycles. The predicted molar refractivity (Wildman–Crippen MR) is 82.3 cm³/mol. The van der Waals surface area contributed by atoms with Crippen molar-refractivity contribution in [2.24, 2.45) is 0 Å². The summed E-state index contributed by atoms with van der Waals surface area (Å²) in [4.78, 5) is 0. The molecule has 1 N–H and O–H groups in total. The van der Waals surface area contributed by atoms with Gasteiger partial charge < -0.3 is 9.73 Å². The van der Waals surface area contributed by atoms with Crippen molar-refractivity contribution in [1.82, 2.24) is 5.32 Å². The van der Waals surface area contributed by atoms with Crippen molar-refractivity contribution >= 4 is 15.9 Å². The lowest BCUT2D eigenvalue weighted by molar-refractivity contribution is 0.404. The van der Waals surface area contributed by atoms with Gasteiger partial charge >= 0.3 is 0 Å². The molecule has 0 bridgehead atoms. The highest BCUT2D eigenvalue weighted by Gasteiger charge is 2.18. The smallest absolute Gasteiger partial charge is 0.126 e. The molecule has 2 aromatic rings. The lowest BCUT2D eigenvalue weighted by atomic mass is 10.0. The quantitative estimate of drug-likeness (QED) is 0.819. The topological polar surface area (TPSA) is 25.2 Å². The van der Waals surface area contributed by atoms with Crippen LogP contribution in [-0.4, -0.2) is 6.54 Å². The van der Waals surface area contributed by atoms with Crippen LogP contribution >= 0.6 is 15.9 Å². The first kappa shape index (κ1) is 15.3. The standard InChI is InChI=1S/C16H19BrFNO/c1-3-7-19-15(16-11(2)6-8-20-16)10-12-9-13(17)4-5-14(12)18/h4-6,8-9,15,19H,3,7,10H2,1-2H3. The minimum Gasteiger partial charge on any atom is -0.467 e. The number of furan rings is 1. The average Bonchev–Trinajstić information content (AvgIpc) is 2.84. The second-order valence-electron chi connectivity index (χ2n) is 4.91. The molecule has 0 aliphatic heterocycles. The number of rotatable bonds is 6. The van der Waals surface area contributed by atoms with E-state index in [9.17, 15) is 4.39 Å². The van der Waals surface area contributed by atoms with Gasteiger partial charge in [0.25, 0.3) is 0 Å². The normalized spacial score (nSPS) is 12.6. The van der Waals surface area contributed by atoms with Gasteiger partial charge in [-0.05, 0) is 61.7 Å². The molecule has 108 valence electrons. The summed E-state index contributed by atoms with van der Waals surface area (Å²) in [5.74, 6) is 0.707. The molecule has 1 heterocycles. The summed E-state index contributed by atoms with van der Waals surface area (Å²) in [7, 11) is 0. The van der Waals surface area contributed by atoms with Gasteiger partial charge in [-0.3, -0.25) is 0 Å². The van der Waals surface area contributed by atoms with E-state index in [1.165, 1.54) is 6.07 Å². The summed E-state index contributed by atoms with van der Waals surface area (Å²) in [5.41, 5.74) is 1.78. The zero-order valence-corrected chi connectivity index (χ0v) is 13.3. The van der Waals surface area contributed by atoms with Gasteiger partial charge in [0.2, 0.25) is 0 Å². The molecule has 0 aliphatic rings. The van der Waals surface area contributed by atoms with Crippen LogP contribution in [-0.2, 0) is 6.42 Å². The monoisotopic (exact) mass is 339 g/mol. The molecule has 1 aromatic carbocycles. The van der Waals surface area contributed by atoms with Crippen LogP contribution in [0.25, 0.3) is 0 Å². The largest absolute Gasteiger partial charge is 0.467 e. The van der Waals surface area contributed by atoms with E-state index >= 15 is 0 Å². The summed E-state index contributed by atoms with van der Waals surface area (Å²) < 4.78 is 20.4.